The zero-order valence-electron chi connectivity index (χ0n) is 16.8. The first-order valence-corrected chi connectivity index (χ1v) is 9.84. The minimum Gasteiger partial charge on any atom is -0.491 e. The Balaban J connectivity index is 3.22. The molecule has 4 nitrogen and oxygen atoms in total. The summed E-state index contributed by atoms with van der Waals surface area (Å²) in [5, 5.41) is 0. The van der Waals surface area contributed by atoms with Gasteiger partial charge in [0, 0.05) is 24.3 Å². The van der Waals surface area contributed by atoms with Gasteiger partial charge < -0.3 is 18.9 Å². The standard InChI is InChI=1S/C20H32Cl2O4/c1-7-23-9-11-25-15-13-16(19(3,4)21)18(26-12-10-24-8-2)17(14-15)20(5,6)22/h13-14H,7-12H2,1-6H3. The van der Waals surface area contributed by atoms with Crippen LogP contribution in [0.2, 0.25) is 0 Å². The van der Waals surface area contributed by atoms with Crippen LogP contribution in [-0.4, -0.2) is 39.6 Å². The van der Waals surface area contributed by atoms with Gasteiger partial charge in [-0.15, -0.1) is 23.2 Å². The minimum absolute atomic E-state index is 0.429. The fourth-order valence-corrected chi connectivity index (χ4v) is 2.71. The Morgan fingerprint density at radius 3 is 1.54 bits per heavy atom. The van der Waals surface area contributed by atoms with Crippen molar-refractivity contribution in [2.24, 2.45) is 0 Å². The van der Waals surface area contributed by atoms with E-state index in [0.717, 1.165) is 11.1 Å². The molecule has 0 spiro atoms. The lowest BCUT2D eigenvalue weighted by atomic mass is 9.92. The highest BCUT2D eigenvalue weighted by Gasteiger charge is 2.30. The quantitative estimate of drug-likeness (QED) is 0.340. The molecule has 0 atom stereocenters. The number of alkyl halides is 2. The van der Waals surface area contributed by atoms with Gasteiger partial charge in [-0.25, -0.2) is 0 Å². The topological polar surface area (TPSA) is 36.9 Å². The maximum Gasteiger partial charge on any atom is 0.129 e. The molecule has 0 radical (unpaired) electrons. The number of hydrogen-bond donors (Lipinski definition) is 0. The summed E-state index contributed by atoms with van der Waals surface area (Å²) in [6, 6.07) is 3.84. The summed E-state index contributed by atoms with van der Waals surface area (Å²) in [6.45, 7) is 14.8. The van der Waals surface area contributed by atoms with Gasteiger partial charge in [-0.1, -0.05) is 0 Å². The second-order valence-electron chi connectivity index (χ2n) is 6.88. The number of hydrogen-bond acceptors (Lipinski definition) is 4. The molecule has 1 rings (SSSR count). The Labute approximate surface area is 168 Å². The van der Waals surface area contributed by atoms with Crippen molar-refractivity contribution in [1.82, 2.24) is 0 Å². The molecule has 0 N–H and O–H groups in total. The van der Waals surface area contributed by atoms with Gasteiger partial charge in [-0.2, -0.15) is 0 Å². The largest absolute Gasteiger partial charge is 0.491 e. The zero-order chi connectivity index (χ0) is 19.8. The monoisotopic (exact) mass is 406 g/mol. The first-order chi connectivity index (χ1) is 12.1. The van der Waals surface area contributed by atoms with E-state index < -0.39 is 9.75 Å². The SMILES string of the molecule is CCOCCOc1cc(C(C)(C)Cl)c(OCCOCC)c(C(C)(C)Cl)c1. The normalized spacial score (nSPS) is 12.3. The Kier molecular flexibility index (Phi) is 9.53. The molecule has 0 aromatic heterocycles. The van der Waals surface area contributed by atoms with Crippen molar-refractivity contribution in [2.45, 2.75) is 51.3 Å². The molecular formula is C20H32Cl2O4. The summed E-state index contributed by atoms with van der Waals surface area (Å²) in [4.78, 5) is -1.28. The molecule has 0 unspecified atom stereocenters. The summed E-state index contributed by atoms with van der Waals surface area (Å²) in [6.07, 6.45) is 0. The third-order valence-corrected chi connectivity index (χ3v) is 4.13. The number of halogens is 2. The van der Waals surface area contributed by atoms with Gasteiger partial charge in [0.05, 0.1) is 23.0 Å². The van der Waals surface area contributed by atoms with Crippen LogP contribution < -0.4 is 9.47 Å². The molecule has 0 bridgehead atoms. The van der Waals surface area contributed by atoms with Gasteiger partial charge >= 0.3 is 0 Å². The molecule has 0 heterocycles. The van der Waals surface area contributed by atoms with E-state index in [0.29, 0.717) is 51.1 Å². The Morgan fingerprint density at radius 2 is 1.15 bits per heavy atom. The summed E-state index contributed by atoms with van der Waals surface area (Å²) in [7, 11) is 0. The van der Waals surface area contributed by atoms with Gasteiger partial charge in [0.15, 0.2) is 0 Å². The van der Waals surface area contributed by atoms with Crippen molar-refractivity contribution in [3.63, 3.8) is 0 Å². The van der Waals surface area contributed by atoms with Crippen LogP contribution in [0.5, 0.6) is 11.5 Å². The summed E-state index contributed by atoms with van der Waals surface area (Å²) < 4.78 is 22.6. The smallest absolute Gasteiger partial charge is 0.129 e. The Bertz CT molecular complexity index is 513. The maximum atomic E-state index is 6.65. The molecule has 1 aromatic rings. The molecule has 0 saturated heterocycles. The second-order valence-corrected chi connectivity index (χ2v) is 8.77. The molecule has 0 aliphatic rings. The van der Waals surface area contributed by atoms with Crippen molar-refractivity contribution < 1.29 is 18.9 Å². The second kappa shape index (κ2) is 10.6. The summed E-state index contributed by atoms with van der Waals surface area (Å²) in [5.41, 5.74) is 1.68. The van der Waals surface area contributed by atoms with Crippen LogP contribution in [0.15, 0.2) is 12.1 Å². The van der Waals surface area contributed by atoms with Crippen LogP contribution in [-0.2, 0) is 19.2 Å². The summed E-state index contributed by atoms with van der Waals surface area (Å²) >= 11 is 13.3. The lowest BCUT2D eigenvalue weighted by Crippen LogP contribution is -2.19. The van der Waals surface area contributed by atoms with Crippen LogP contribution in [0.25, 0.3) is 0 Å². The molecule has 0 amide bonds. The molecule has 0 aliphatic carbocycles. The maximum absolute atomic E-state index is 6.65. The van der Waals surface area contributed by atoms with E-state index in [1.807, 2.05) is 53.7 Å². The van der Waals surface area contributed by atoms with Crippen molar-refractivity contribution in [3.05, 3.63) is 23.3 Å². The molecule has 150 valence electrons. The fourth-order valence-electron chi connectivity index (χ4n) is 2.43. The van der Waals surface area contributed by atoms with E-state index >= 15 is 0 Å². The lowest BCUT2D eigenvalue weighted by Gasteiger charge is -2.28. The third kappa shape index (κ3) is 7.51. The highest BCUT2D eigenvalue weighted by Crippen LogP contribution is 2.45. The van der Waals surface area contributed by atoms with Gasteiger partial charge in [0.1, 0.15) is 24.7 Å². The fraction of sp³-hybridized carbons (Fsp3) is 0.700. The van der Waals surface area contributed by atoms with Crippen molar-refractivity contribution >= 4 is 23.2 Å². The van der Waals surface area contributed by atoms with E-state index in [2.05, 4.69) is 0 Å². The molecule has 26 heavy (non-hydrogen) atoms. The molecule has 0 fully saturated rings. The highest BCUT2D eigenvalue weighted by atomic mass is 35.5. The predicted octanol–water partition coefficient (Wildman–Crippen LogP) is 5.47. The number of benzene rings is 1. The first kappa shape index (κ1) is 23.4. The Hall–Kier alpha value is -0.680. The van der Waals surface area contributed by atoms with Crippen molar-refractivity contribution in [3.8, 4) is 11.5 Å². The van der Waals surface area contributed by atoms with Crippen LogP contribution in [0.4, 0.5) is 0 Å². The molecule has 6 heteroatoms. The predicted molar refractivity (Wildman–Crippen MR) is 108 cm³/mol. The van der Waals surface area contributed by atoms with Crippen molar-refractivity contribution in [2.75, 3.05) is 39.6 Å². The van der Waals surface area contributed by atoms with Gasteiger partial charge in [0.25, 0.3) is 0 Å². The molecular weight excluding hydrogens is 375 g/mol. The highest BCUT2D eigenvalue weighted by molar-refractivity contribution is 6.25. The van der Waals surface area contributed by atoms with E-state index in [9.17, 15) is 0 Å². The molecule has 0 aliphatic heterocycles. The third-order valence-electron chi connectivity index (χ3n) is 3.72. The lowest BCUT2D eigenvalue weighted by molar-refractivity contribution is 0.108. The first-order valence-electron chi connectivity index (χ1n) is 9.09. The van der Waals surface area contributed by atoms with E-state index in [1.165, 1.54) is 0 Å². The van der Waals surface area contributed by atoms with Gasteiger partial charge in [-0.05, 0) is 53.7 Å². The van der Waals surface area contributed by atoms with Gasteiger partial charge in [0.2, 0.25) is 0 Å². The minimum atomic E-state index is -0.642. The van der Waals surface area contributed by atoms with Crippen LogP contribution in [0, 0.1) is 0 Å². The molecule has 1 aromatic carbocycles. The van der Waals surface area contributed by atoms with Gasteiger partial charge in [-0.3, -0.25) is 0 Å². The van der Waals surface area contributed by atoms with E-state index in [4.69, 9.17) is 42.1 Å². The average Bonchev–Trinajstić information content (AvgIpc) is 2.54. The number of rotatable bonds is 12. The zero-order valence-corrected chi connectivity index (χ0v) is 18.3. The number of ether oxygens (including phenoxy) is 4. The Morgan fingerprint density at radius 1 is 0.731 bits per heavy atom. The van der Waals surface area contributed by atoms with E-state index in [-0.39, 0.29) is 0 Å². The summed E-state index contributed by atoms with van der Waals surface area (Å²) in [5.74, 6) is 1.40. The van der Waals surface area contributed by atoms with Crippen molar-refractivity contribution in [1.29, 1.82) is 0 Å². The van der Waals surface area contributed by atoms with Crippen LogP contribution in [0.3, 0.4) is 0 Å². The van der Waals surface area contributed by atoms with E-state index in [1.54, 1.807) is 0 Å². The van der Waals surface area contributed by atoms with Crippen LogP contribution >= 0.6 is 23.2 Å². The van der Waals surface area contributed by atoms with Crippen LogP contribution in [0.1, 0.15) is 52.7 Å². The average molecular weight is 407 g/mol. The molecule has 0 saturated carbocycles.